The van der Waals surface area contributed by atoms with Crippen LogP contribution < -0.4 is 5.32 Å². The summed E-state index contributed by atoms with van der Waals surface area (Å²) in [6.07, 6.45) is -1.78. The van der Waals surface area contributed by atoms with Crippen LogP contribution in [-0.4, -0.2) is 43.4 Å². The van der Waals surface area contributed by atoms with Crippen LogP contribution in [0.3, 0.4) is 0 Å². The van der Waals surface area contributed by atoms with Gasteiger partial charge in [0.25, 0.3) is 6.43 Å². The topological polar surface area (TPSA) is 41.5 Å². The summed E-state index contributed by atoms with van der Waals surface area (Å²) < 4.78 is 29.2. The lowest BCUT2D eigenvalue weighted by Gasteiger charge is -2.18. The van der Waals surface area contributed by atoms with Gasteiger partial charge in [-0.3, -0.25) is 0 Å². The van der Waals surface area contributed by atoms with Gasteiger partial charge in [0.15, 0.2) is 0 Å². The van der Waals surface area contributed by atoms with Gasteiger partial charge in [-0.15, -0.1) is 0 Å². The summed E-state index contributed by atoms with van der Waals surface area (Å²) in [7, 11) is 0. The second-order valence-electron chi connectivity index (χ2n) is 2.85. The van der Waals surface area contributed by atoms with E-state index in [1.807, 2.05) is 0 Å². The van der Waals surface area contributed by atoms with Gasteiger partial charge in [-0.25, -0.2) is 8.78 Å². The Hall–Kier alpha value is -0.260. The van der Waals surface area contributed by atoms with Crippen molar-refractivity contribution in [3.05, 3.63) is 0 Å². The molecule has 0 spiro atoms. The molecular formula is C7H13F2NO2. The lowest BCUT2D eigenvalue weighted by Crippen LogP contribution is -2.45. The molecular weight excluding hydrogens is 168 g/mol. The maximum Gasteiger partial charge on any atom is 0.255 e. The third-order valence-corrected chi connectivity index (χ3v) is 1.88. The second-order valence-corrected chi connectivity index (χ2v) is 2.85. The van der Waals surface area contributed by atoms with E-state index >= 15 is 0 Å². The summed E-state index contributed by atoms with van der Waals surface area (Å²) in [6.45, 7) is 0.538. The van der Waals surface area contributed by atoms with Crippen LogP contribution in [-0.2, 0) is 4.74 Å². The number of alkyl halides is 2. The molecule has 5 heteroatoms. The van der Waals surface area contributed by atoms with Gasteiger partial charge < -0.3 is 15.2 Å². The minimum Gasteiger partial charge on any atom is -0.395 e. The number of halogens is 2. The summed E-state index contributed by atoms with van der Waals surface area (Å²) in [5, 5.41) is 11.2. The molecule has 1 rings (SSSR count). The van der Waals surface area contributed by atoms with Crippen molar-refractivity contribution >= 4 is 0 Å². The molecule has 2 unspecified atom stereocenters. The fourth-order valence-corrected chi connectivity index (χ4v) is 1.17. The Kier molecular flexibility index (Phi) is 3.84. The average Bonchev–Trinajstić information content (AvgIpc) is 2.51. The molecule has 1 aliphatic heterocycles. The van der Waals surface area contributed by atoms with Gasteiger partial charge in [0.05, 0.1) is 19.3 Å². The number of hydrogen-bond donors (Lipinski definition) is 2. The summed E-state index contributed by atoms with van der Waals surface area (Å²) in [5.74, 6) is 0. The molecule has 12 heavy (non-hydrogen) atoms. The fourth-order valence-electron chi connectivity index (χ4n) is 1.17. The van der Waals surface area contributed by atoms with E-state index < -0.39 is 19.1 Å². The van der Waals surface area contributed by atoms with Crippen LogP contribution in [0.4, 0.5) is 8.78 Å². The number of ether oxygens (including phenoxy) is 1. The highest BCUT2D eigenvalue weighted by atomic mass is 19.3. The largest absolute Gasteiger partial charge is 0.395 e. The van der Waals surface area contributed by atoms with E-state index in [2.05, 4.69) is 5.32 Å². The van der Waals surface area contributed by atoms with Crippen molar-refractivity contribution in [2.24, 2.45) is 0 Å². The first-order valence-corrected chi connectivity index (χ1v) is 3.97. The van der Waals surface area contributed by atoms with Crippen LogP contribution in [0.5, 0.6) is 0 Å². The molecule has 2 atom stereocenters. The predicted octanol–water partition coefficient (Wildman–Crippen LogP) is -0.00910. The third-order valence-electron chi connectivity index (χ3n) is 1.88. The molecule has 1 aliphatic rings. The molecule has 0 aromatic heterocycles. The standard InChI is InChI=1S/C7H13F2NO2/c8-7(9)6(3-11)10-5-1-2-12-4-5/h5-7,10-11H,1-4H2. The number of hydrogen-bond acceptors (Lipinski definition) is 3. The van der Waals surface area contributed by atoms with Gasteiger partial charge in [-0.1, -0.05) is 0 Å². The zero-order valence-electron chi connectivity index (χ0n) is 6.67. The van der Waals surface area contributed by atoms with Crippen molar-refractivity contribution in [1.82, 2.24) is 5.32 Å². The highest BCUT2D eigenvalue weighted by Crippen LogP contribution is 2.07. The molecule has 2 N–H and O–H groups in total. The zero-order valence-corrected chi connectivity index (χ0v) is 6.67. The van der Waals surface area contributed by atoms with Crippen LogP contribution in [0.1, 0.15) is 6.42 Å². The first-order valence-electron chi connectivity index (χ1n) is 3.97. The molecule has 0 saturated carbocycles. The predicted molar refractivity (Wildman–Crippen MR) is 39.2 cm³/mol. The van der Waals surface area contributed by atoms with Gasteiger partial charge >= 0.3 is 0 Å². The Morgan fingerprint density at radius 1 is 1.58 bits per heavy atom. The minimum atomic E-state index is -2.52. The summed E-state index contributed by atoms with van der Waals surface area (Å²) in [6, 6.07) is -1.15. The number of nitrogens with one attached hydrogen (secondary N) is 1. The zero-order chi connectivity index (χ0) is 8.97. The summed E-state index contributed by atoms with van der Waals surface area (Å²) >= 11 is 0. The molecule has 0 aromatic carbocycles. The van der Waals surface area contributed by atoms with E-state index in [4.69, 9.17) is 9.84 Å². The lowest BCUT2D eigenvalue weighted by molar-refractivity contribution is 0.0579. The van der Waals surface area contributed by atoms with Crippen molar-refractivity contribution in [3.8, 4) is 0 Å². The first-order chi connectivity index (χ1) is 5.74. The second kappa shape index (κ2) is 4.69. The molecule has 0 bridgehead atoms. The smallest absolute Gasteiger partial charge is 0.255 e. The summed E-state index contributed by atoms with van der Waals surface area (Å²) in [5.41, 5.74) is 0. The Morgan fingerprint density at radius 2 is 2.33 bits per heavy atom. The molecule has 0 aromatic rings. The van der Waals surface area contributed by atoms with Crippen molar-refractivity contribution in [3.63, 3.8) is 0 Å². The lowest BCUT2D eigenvalue weighted by atomic mass is 10.2. The van der Waals surface area contributed by atoms with E-state index in [0.717, 1.165) is 6.42 Å². The van der Waals surface area contributed by atoms with Crippen LogP contribution in [0.2, 0.25) is 0 Å². The van der Waals surface area contributed by atoms with E-state index in [9.17, 15) is 8.78 Å². The molecule has 1 heterocycles. The van der Waals surface area contributed by atoms with Gasteiger partial charge in [0, 0.05) is 12.6 Å². The van der Waals surface area contributed by atoms with E-state index in [1.54, 1.807) is 0 Å². The van der Waals surface area contributed by atoms with E-state index in [0.29, 0.717) is 13.2 Å². The van der Waals surface area contributed by atoms with Gasteiger partial charge in [-0.2, -0.15) is 0 Å². The molecule has 0 amide bonds. The Labute approximate surface area is 69.7 Å². The Bertz CT molecular complexity index is 129. The molecule has 3 nitrogen and oxygen atoms in total. The van der Waals surface area contributed by atoms with Crippen LogP contribution in [0.25, 0.3) is 0 Å². The number of aliphatic hydroxyl groups is 1. The minimum absolute atomic E-state index is 0.0313. The number of rotatable bonds is 4. The van der Waals surface area contributed by atoms with Gasteiger partial charge in [-0.05, 0) is 6.42 Å². The Balaban J connectivity index is 2.26. The first kappa shape index (κ1) is 9.83. The third kappa shape index (κ3) is 2.66. The van der Waals surface area contributed by atoms with Gasteiger partial charge in [0.2, 0.25) is 0 Å². The Morgan fingerprint density at radius 3 is 2.75 bits per heavy atom. The fraction of sp³-hybridized carbons (Fsp3) is 1.00. The average molecular weight is 181 g/mol. The number of aliphatic hydroxyl groups excluding tert-OH is 1. The molecule has 72 valence electrons. The quantitative estimate of drug-likeness (QED) is 0.641. The SMILES string of the molecule is OCC(NC1CCOC1)C(F)F. The van der Waals surface area contributed by atoms with Gasteiger partial charge in [0.1, 0.15) is 0 Å². The highest BCUT2D eigenvalue weighted by Gasteiger charge is 2.24. The molecule has 0 radical (unpaired) electrons. The van der Waals surface area contributed by atoms with E-state index in [-0.39, 0.29) is 6.04 Å². The maximum absolute atomic E-state index is 12.1. The van der Waals surface area contributed by atoms with Crippen LogP contribution in [0, 0.1) is 0 Å². The molecule has 0 aliphatic carbocycles. The normalized spacial score (nSPS) is 26.5. The van der Waals surface area contributed by atoms with Crippen LogP contribution >= 0.6 is 0 Å². The summed E-state index contributed by atoms with van der Waals surface area (Å²) in [4.78, 5) is 0. The molecule has 1 fully saturated rings. The van der Waals surface area contributed by atoms with Crippen molar-refractivity contribution in [2.45, 2.75) is 24.9 Å². The van der Waals surface area contributed by atoms with E-state index in [1.165, 1.54) is 0 Å². The van der Waals surface area contributed by atoms with Crippen LogP contribution in [0.15, 0.2) is 0 Å². The van der Waals surface area contributed by atoms with Crippen molar-refractivity contribution in [2.75, 3.05) is 19.8 Å². The van der Waals surface area contributed by atoms with Crippen molar-refractivity contribution < 1.29 is 18.6 Å². The highest BCUT2D eigenvalue weighted by molar-refractivity contribution is 4.78. The monoisotopic (exact) mass is 181 g/mol. The molecule has 1 saturated heterocycles. The maximum atomic E-state index is 12.1. The van der Waals surface area contributed by atoms with Crippen molar-refractivity contribution in [1.29, 1.82) is 0 Å².